The maximum Gasteiger partial charge on any atom is 0.279 e. The van der Waals surface area contributed by atoms with Crippen molar-refractivity contribution in [3.8, 4) is 0 Å². The molecule has 1 unspecified atom stereocenters. The van der Waals surface area contributed by atoms with Gasteiger partial charge >= 0.3 is 0 Å². The van der Waals surface area contributed by atoms with E-state index in [0.29, 0.717) is 22.3 Å². The standard InChI is InChI=1S/C16H15BrCl2N2O/c1-21(9-11-2-4-12(17)5-3-11)10-16(22)20-15-7-6-13(18)8-14(15)19/h2-8H,9-10H2,1H3,(H,20,22)/p+1. The lowest BCUT2D eigenvalue weighted by Crippen LogP contribution is -3.08. The number of anilines is 1. The van der Waals surface area contributed by atoms with Crippen molar-refractivity contribution in [3.63, 3.8) is 0 Å². The second-order valence-corrected chi connectivity index (χ2v) is 6.87. The number of hydrogen-bond acceptors (Lipinski definition) is 1. The lowest BCUT2D eigenvalue weighted by Gasteiger charge is -2.14. The fraction of sp³-hybridized carbons (Fsp3) is 0.188. The Hall–Kier alpha value is -1.07. The lowest BCUT2D eigenvalue weighted by atomic mass is 10.2. The van der Waals surface area contributed by atoms with Gasteiger partial charge in [-0.1, -0.05) is 51.3 Å². The Bertz CT molecular complexity index is 662. The highest BCUT2D eigenvalue weighted by molar-refractivity contribution is 9.10. The first-order valence-corrected chi connectivity index (χ1v) is 8.29. The van der Waals surface area contributed by atoms with Crippen LogP contribution in [0.4, 0.5) is 5.69 Å². The molecule has 2 aromatic rings. The summed E-state index contributed by atoms with van der Waals surface area (Å²) in [7, 11) is 1.98. The Balaban J connectivity index is 1.89. The maximum atomic E-state index is 12.1. The van der Waals surface area contributed by atoms with Gasteiger partial charge in [0, 0.05) is 15.1 Å². The number of halogens is 3. The summed E-state index contributed by atoms with van der Waals surface area (Å²) in [6, 6.07) is 13.1. The minimum atomic E-state index is -0.0844. The van der Waals surface area contributed by atoms with Crippen molar-refractivity contribution >= 4 is 50.7 Å². The molecule has 2 rings (SSSR count). The number of nitrogens with one attached hydrogen (secondary N) is 2. The van der Waals surface area contributed by atoms with Gasteiger partial charge in [-0.25, -0.2) is 0 Å². The summed E-state index contributed by atoms with van der Waals surface area (Å²) in [5, 5.41) is 3.78. The van der Waals surface area contributed by atoms with Crippen LogP contribution in [0.25, 0.3) is 0 Å². The van der Waals surface area contributed by atoms with Crippen LogP contribution in [0.2, 0.25) is 10.0 Å². The van der Waals surface area contributed by atoms with E-state index < -0.39 is 0 Å². The highest BCUT2D eigenvalue weighted by Crippen LogP contribution is 2.25. The number of benzene rings is 2. The monoisotopic (exact) mass is 401 g/mol. The molecule has 0 saturated heterocycles. The first-order chi connectivity index (χ1) is 10.4. The Kier molecular flexibility index (Phi) is 6.26. The average Bonchev–Trinajstić information content (AvgIpc) is 2.44. The van der Waals surface area contributed by atoms with Gasteiger partial charge in [0.05, 0.1) is 17.8 Å². The van der Waals surface area contributed by atoms with E-state index in [2.05, 4.69) is 21.2 Å². The highest BCUT2D eigenvalue weighted by Gasteiger charge is 2.12. The molecule has 1 atom stereocenters. The molecule has 0 spiro atoms. The Morgan fingerprint density at radius 2 is 1.86 bits per heavy atom. The first kappa shape index (κ1) is 17.3. The van der Waals surface area contributed by atoms with E-state index in [1.165, 1.54) is 5.56 Å². The largest absolute Gasteiger partial charge is 0.326 e. The van der Waals surface area contributed by atoms with Crippen molar-refractivity contribution in [1.82, 2.24) is 0 Å². The number of likely N-dealkylation sites (N-methyl/N-ethyl adjacent to an activating group) is 1. The van der Waals surface area contributed by atoms with E-state index in [1.54, 1.807) is 18.2 Å². The summed E-state index contributed by atoms with van der Waals surface area (Å²) < 4.78 is 1.05. The highest BCUT2D eigenvalue weighted by atomic mass is 79.9. The molecule has 0 aliphatic heterocycles. The fourth-order valence-corrected chi connectivity index (χ4v) is 2.79. The lowest BCUT2D eigenvalue weighted by molar-refractivity contribution is -0.885. The van der Waals surface area contributed by atoms with Crippen molar-refractivity contribution in [2.45, 2.75) is 6.54 Å². The van der Waals surface area contributed by atoms with Crippen LogP contribution in [0.15, 0.2) is 46.9 Å². The summed E-state index contributed by atoms with van der Waals surface area (Å²) in [6.07, 6.45) is 0. The summed E-state index contributed by atoms with van der Waals surface area (Å²) in [4.78, 5) is 13.2. The summed E-state index contributed by atoms with van der Waals surface area (Å²) in [5.41, 5.74) is 1.76. The van der Waals surface area contributed by atoms with Crippen molar-refractivity contribution in [2.24, 2.45) is 0 Å². The van der Waals surface area contributed by atoms with Crippen LogP contribution >= 0.6 is 39.1 Å². The number of rotatable bonds is 5. The SMILES string of the molecule is C[NH+](CC(=O)Nc1ccc(Cl)cc1Cl)Cc1ccc(Br)cc1. The molecule has 0 heterocycles. The van der Waals surface area contributed by atoms with Gasteiger partial charge in [0.15, 0.2) is 6.54 Å². The van der Waals surface area contributed by atoms with Crippen LogP contribution < -0.4 is 10.2 Å². The summed E-state index contributed by atoms with van der Waals surface area (Å²) in [6.45, 7) is 1.13. The third-order valence-corrected chi connectivity index (χ3v) is 4.16. The molecule has 3 nitrogen and oxygen atoms in total. The number of carbonyl (C=O) groups excluding carboxylic acids is 1. The van der Waals surface area contributed by atoms with Crippen LogP contribution in [0.5, 0.6) is 0 Å². The first-order valence-electron chi connectivity index (χ1n) is 6.74. The number of carbonyl (C=O) groups is 1. The van der Waals surface area contributed by atoms with Gasteiger partial charge in [0.1, 0.15) is 6.54 Å². The van der Waals surface area contributed by atoms with Crippen molar-refractivity contribution in [3.05, 3.63) is 62.5 Å². The summed E-state index contributed by atoms with van der Waals surface area (Å²) >= 11 is 15.3. The zero-order valence-corrected chi connectivity index (χ0v) is 15.1. The van der Waals surface area contributed by atoms with E-state index in [9.17, 15) is 4.79 Å². The molecular formula is C16H16BrCl2N2O+. The van der Waals surface area contributed by atoms with E-state index in [1.807, 2.05) is 31.3 Å². The molecule has 0 aromatic heterocycles. The zero-order valence-electron chi connectivity index (χ0n) is 12.0. The second kappa shape index (κ2) is 7.97. The van der Waals surface area contributed by atoms with E-state index in [4.69, 9.17) is 23.2 Å². The fourth-order valence-electron chi connectivity index (χ4n) is 2.07. The van der Waals surface area contributed by atoms with E-state index in [-0.39, 0.29) is 5.91 Å². The Morgan fingerprint density at radius 3 is 2.50 bits per heavy atom. The minimum absolute atomic E-state index is 0.0844. The van der Waals surface area contributed by atoms with Crippen LogP contribution in [-0.4, -0.2) is 19.5 Å². The van der Waals surface area contributed by atoms with E-state index in [0.717, 1.165) is 15.9 Å². The number of hydrogen-bond donors (Lipinski definition) is 2. The smallest absolute Gasteiger partial charge is 0.279 e. The molecule has 6 heteroatoms. The Morgan fingerprint density at radius 1 is 1.18 bits per heavy atom. The van der Waals surface area contributed by atoms with Crippen LogP contribution in [0.1, 0.15) is 5.56 Å². The van der Waals surface area contributed by atoms with E-state index >= 15 is 0 Å². The second-order valence-electron chi connectivity index (χ2n) is 5.11. The molecule has 0 bridgehead atoms. The molecule has 2 N–H and O–H groups in total. The summed E-state index contributed by atoms with van der Waals surface area (Å²) in [5.74, 6) is -0.0844. The molecule has 0 fully saturated rings. The van der Waals surface area contributed by atoms with Crippen LogP contribution in [-0.2, 0) is 11.3 Å². The van der Waals surface area contributed by atoms with Gasteiger partial charge in [0.2, 0.25) is 0 Å². The van der Waals surface area contributed by atoms with Gasteiger partial charge in [-0.05, 0) is 30.3 Å². The molecule has 22 heavy (non-hydrogen) atoms. The molecule has 0 aliphatic rings. The molecule has 1 amide bonds. The minimum Gasteiger partial charge on any atom is -0.326 e. The number of amides is 1. The van der Waals surface area contributed by atoms with Crippen molar-refractivity contribution in [1.29, 1.82) is 0 Å². The van der Waals surface area contributed by atoms with Gasteiger partial charge in [-0.2, -0.15) is 0 Å². The molecule has 0 aliphatic carbocycles. The quantitative estimate of drug-likeness (QED) is 0.789. The Labute approximate surface area is 148 Å². The average molecular weight is 403 g/mol. The molecular weight excluding hydrogens is 387 g/mol. The topological polar surface area (TPSA) is 33.5 Å². The van der Waals surface area contributed by atoms with Crippen molar-refractivity contribution < 1.29 is 9.69 Å². The van der Waals surface area contributed by atoms with Crippen molar-refractivity contribution in [2.75, 3.05) is 18.9 Å². The third kappa shape index (κ3) is 5.29. The van der Waals surface area contributed by atoms with Crippen LogP contribution in [0.3, 0.4) is 0 Å². The van der Waals surface area contributed by atoms with Gasteiger partial charge in [0.25, 0.3) is 5.91 Å². The molecule has 0 saturated carbocycles. The molecule has 116 valence electrons. The van der Waals surface area contributed by atoms with Gasteiger partial charge < -0.3 is 10.2 Å². The maximum absolute atomic E-state index is 12.1. The third-order valence-electron chi connectivity index (χ3n) is 3.09. The van der Waals surface area contributed by atoms with Gasteiger partial charge in [-0.15, -0.1) is 0 Å². The molecule has 2 aromatic carbocycles. The van der Waals surface area contributed by atoms with Gasteiger partial charge in [-0.3, -0.25) is 4.79 Å². The normalized spacial score (nSPS) is 12.0. The van der Waals surface area contributed by atoms with Crippen LogP contribution in [0, 0.1) is 0 Å². The predicted octanol–water partition coefficient (Wildman–Crippen LogP) is 3.41. The number of quaternary nitrogens is 1. The molecule has 0 radical (unpaired) electrons. The zero-order chi connectivity index (χ0) is 16.1. The predicted molar refractivity (Wildman–Crippen MR) is 94.7 cm³/mol.